The molecule has 3 nitrogen and oxygen atoms in total. The fourth-order valence-electron chi connectivity index (χ4n) is 3.45. The fourth-order valence-corrected chi connectivity index (χ4v) is 4.43. The van der Waals surface area contributed by atoms with Crippen LogP contribution in [0, 0.1) is 0 Å². The second-order valence-electron chi connectivity index (χ2n) is 6.10. The van der Waals surface area contributed by atoms with Crippen molar-refractivity contribution in [2.75, 3.05) is 5.32 Å². The first-order valence-corrected chi connectivity index (χ1v) is 8.81. The summed E-state index contributed by atoms with van der Waals surface area (Å²) < 4.78 is 6.11. The Labute approximate surface area is 134 Å². The molecule has 1 amide bonds. The van der Waals surface area contributed by atoms with E-state index in [1.54, 1.807) is 11.3 Å². The van der Waals surface area contributed by atoms with E-state index in [0.29, 0.717) is 12.5 Å². The van der Waals surface area contributed by atoms with Gasteiger partial charge in [0.2, 0.25) is 5.91 Å². The number of nitrogens with one attached hydrogen (secondary N) is 1. The lowest BCUT2D eigenvalue weighted by atomic mass is 9.90. The van der Waals surface area contributed by atoms with E-state index in [2.05, 4.69) is 17.4 Å². The Morgan fingerprint density at radius 1 is 1.18 bits per heavy atom. The molecule has 1 aliphatic heterocycles. The van der Waals surface area contributed by atoms with E-state index in [-0.39, 0.29) is 11.8 Å². The lowest BCUT2D eigenvalue weighted by Crippen LogP contribution is -2.22. The fraction of sp³-hybridized carbons (Fsp3) is 0.389. The monoisotopic (exact) mass is 313 g/mol. The third-order valence-corrected chi connectivity index (χ3v) is 5.57. The van der Waals surface area contributed by atoms with Gasteiger partial charge in [0.15, 0.2) is 0 Å². The van der Waals surface area contributed by atoms with Gasteiger partial charge in [-0.3, -0.25) is 4.79 Å². The maximum atomic E-state index is 11.9. The van der Waals surface area contributed by atoms with E-state index in [0.717, 1.165) is 24.3 Å². The Kier molecular flexibility index (Phi) is 3.62. The van der Waals surface area contributed by atoms with Crippen molar-refractivity contribution in [2.45, 2.75) is 44.1 Å². The molecule has 1 aromatic carbocycles. The van der Waals surface area contributed by atoms with Crippen LogP contribution in [-0.4, -0.2) is 12.0 Å². The number of benzene rings is 1. The van der Waals surface area contributed by atoms with Crippen LogP contribution >= 0.6 is 11.3 Å². The van der Waals surface area contributed by atoms with E-state index in [9.17, 15) is 4.79 Å². The summed E-state index contributed by atoms with van der Waals surface area (Å²) in [6, 6.07) is 10.3. The van der Waals surface area contributed by atoms with Crippen molar-refractivity contribution in [1.29, 1.82) is 0 Å². The van der Waals surface area contributed by atoms with Crippen molar-refractivity contribution in [2.24, 2.45) is 0 Å². The van der Waals surface area contributed by atoms with Crippen LogP contribution in [0.15, 0.2) is 35.7 Å². The van der Waals surface area contributed by atoms with Crippen molar-refractivity contribution < 1.29 is 9.53 Å². The lowest BCUT2D eigenvalue weighted by Gasteiger charge is -2.23. The Bertz CT molecular complexity index is 688. The summed E-state index contributed by atoms with van der Waals surface area (Å²) in [6.45, 7) is 0. The number of anilines is 1. The molecule has 0 spiro atoms. The van der Waals surface area contributed by atoms with Crippen molar-refractivity contribution in [3.63, 3.8) is 0 Å². The molecule has 1 N–H and O–H groups in total. The number of rotatable bonds is 3. The molecule has 4 heteroatoms. The molecular formula is C18H19NO2S. The van der Waals surface area contributed by atoms with Crippen LogP contribution in [-0.2, 0) is 4.79 Å². The molecule has 2 heterocycles. The average Bonchev–Trinajstić information content (AvgIpc) is 3.18. The molecule has 1 saturated carbocycles. The Morgan fingerprint density at radius 2 is 2.05 bits per heavy atom. The van der Waals surface area contributed by atoms with Gasteiger partial charge in [-0.05, 0) is 54.8 Å². The molecule has 1 aromatic heterocycles. The van der Waals surface area contributed by atoms with Gasteiger partial charge in [0.25, 0.3) is 0 Å². The van der Waals surface area contributed by atoms with Gasteiger partial charge in [-0.25, -0.2) is 0 Å². The zero-order valence-corrected chi connectivity index (χ0v) is 13.2. The number of thiophene rings is 1. The van der Waals surface area contributed by atoms with Gasteiger partial charge >= 0.3 is 0 Å². The number of fused-ring (bicyclic) bond motifs is 1. The predicted octanol–water partition coefficient (Wildman–Crippen LogP) is 4.54. The normalized spacial score (nSPS) is 21.5. The number of hydrogen-bond donors (Lipinski definition) is 1. The van der Waals surface area contributed by atoms with Crippen LogP contribution in [0.25, 0.3) is 0 Å². The molecule has 2 aromatic rings. The molecule has 4 rings (SSSR count). The highest BCUT2D eigenvalue weighted by Crippen LogP contribution is 2.41. The number of amides is 1. The molecule has 0 saturated heterocycles. The van der Waals surface area contributed by atoms with E-state index in [1.807, 2.05) is 23.6 Å². The molecule has 2 aliphatic rings. The first-order valence-electron chi connectivity index (χ1n) is 7.93. The largest absolute Gasteiger partial charge is 0.490 e. The van der Waals surface area contributed by atoms with E-state index in [4.69, 9.17) is 4.74 Å². The highest BCUT2D eigenvalue weighted by molar-refractivity contribution is 7.10. The third-order valence-electron chi connectivity index (χ3n) is 4.54. The number of ether oxygens (including phenoxy) is 1. The highest BCUT2D eigenvalue weighted by atomic mass is 32.1. The van der Waals surface area contributed by atoms with Crippen LogP contribution in [0.3, 0.4) is 0 Å². The van der Waals surface area contributed by atoms with Gasteiger partial charge in [0.05, 0.1) is 11.8 Å². The maximum absolute atomic E-state index is 11.9. The molecule has 0 unspecified atom stereocenters. The lowest BCUT2D eigenvalue weighted by molar-refractivity contribution is -0.116. The minimum atomic E-state index is 0.0954. The zero-order valence-electron chi connectivity index (χ0n) is 12.4. The van der Waals surface area contributed by atoms with Crippen LogP contribution in [0.1, 0.15) is 48.5 Å². The van der Waals surface area contributed by atoms with E-state index in [1.165, 1.54) is 23.3 Å². The standard InChI is InChI=1S/C18H19NO2S/c20-17-11-15(18-16(19-17)8-9-22-18)12-4-3-7-14(10-12)21-13-5-1-2-6-13/h3-4,7-10,13,15H,1-2,5-6,11H2,(H,19,20)/t15-/m1/s1. The molecule has 1 aliphatic carbocycles. The van der Waals surface area contributed by atoms with Crippen molar-refractivity contribution in [3.8, 4) is 5.75 Å². The second kappa shape index (κ2) is 5.76. The SMILES string of the molecule is O=C1C[C@H](c2cccc(OC3CCCC3)c2)c2sccc2N1. The number of carbonyl (C=O) groups excluding carboxylic acids is 1. The Hall–Kier alpha value is -1.81. The summed E-state index contributed by atoms with van der Waals surface area (Å²) in [4.78, 5) is 13.2. The van der Waals surface area contributed by atoms with Crippen molar-refractivity contribution >= 4 is 22.9 Å². The summed E-state index contributed by atoms with van der Waals surface area (Å²) >= 11 is 1.71. The van der Waals surface area contributed by atoms with Gasteiger partial charge in [-0.2, -0.15) is 0 Å². The molecular weight excluding hydrogens is 294 g/mol. The molecule has 0 radical (unpaired) electrons. The van der Waals surface area contributed by atoms with Gasteiger partial charge in [0.1, 0.15) is 5.75 Å². The van der Waals surface area contributed by atoms with Crippen LogP contribution in [0.5, 0.6) is 5.75 Å². The molecule has 1 fully saturated rings. The molecule has 114 valence electrons. The van der Waals surface area contributed by atoms with Crippen LogP contribution < -0.4 is 10.1 Å². The summed E-state index contributed by atoms with van der Waals surface area (Å²) in [5, 5.41) is 5.00. The topological polar surface area (TPSA) is 38.3 Å². The molecule has 22 heavy (non-hydrogen) atoms. The minimum absolute atomic E-state index is 0.0954. The van der Waals surface area contributed by atoms with E-state index >= 15 is 0 Å². The van der Waals surface area contributed by atoms with Crippen molar-refractivity contribution in [1.82, 2.24) is 0 Å². The first-order chi connectivity index (χ1) is 10.8. The highest BCUT2D eigenvalue weighted by Gasteiger charge is 2.28. The Morgan fingerprint density at radius 3 is 2.91 bits per heavy atom. The number of hydrogen-bond acceptors (Lipinski definition) is 3. The molecule has 1 atom stereocenters. The smallest absolute Gasteiger partial charge is 0.225 e. The minimum Gasteiger partial charge on any atom is -0.490 e. The second-order valence-corrected chi connectivity index (χ2v) is 7.05. The maximum Gasteiger partial charge on any atom is 0.225 e. The van der Waals surface area contributed by atoms with Crippen molar-refractivity contribution in [3.05, 3.63) is 46.2 Å². The van der Waals surface area contributed by atoms with Crippen LogP contribution in [0.2, 0.25) is 0 Å². The average molecular weight is 313 g/mol. The number of carbonyl (C=O) groups is 1. The quantitative estimate of drug-likeness (QED) is 0.903. The van der Waals surface area contributed by atoms with Gasteiger partial charge in [0, 0.05) is 17.2 Å². The summed E-state index contributed by atoms with van der Waals surface area (Å²) in [5.41, 5.74) is 2.14. The Balaban J connectivity index is 1.61. The van der Waals surface area contributed by atoms with E-state index < -0.39 is 0 Å². The third kappa shape index (κ3) is 2.63. The van der Waals surface area contributed by atoms with Gasteiger partial charge < -0.3 is 10.1 Å². The van der Waals surface area contributed by atoms with Crippen LogP contribution in [0.4, 0.5) is 5.69 Å². The van der Waals surface area contributed by atoms with Gasteiger partial charge in [-0.15, -0.1) is 11.3 Å². The zero-order chi connectivity index (χ0) is 14.9. The summed E-state index contributed by atoms with van der Waals surface area (Å²) in [6.07, 6.45) is 5.73. The molecule has 0 bridgehead atoms. The van der Waals surface area contributed by atoms with Gasteiger partial charge in [-0.1, -0.05) is 12.1 Å². The summed E-state index contributed by atoms with van der Waals surface area (Å²) in [5.74, 6) is 1.18. The first kappa shape index (κ1) is 13.8. The summed E-state index contributed by atoms with van der Waals surface area (Å²) in [7, 11) is 0. The predicted molar refractivity (Wildman–Crippen MR) is 88.7 cm³/mol.